The van der Waals surface area contributed by atoms with Crippen LogP contribution in [0.1, 0.15) is 12.8 Å². The number of hydrogen-bond donors (Lipinski definition) is 3. The van der Waals surface area contributed by atoms with Gasteiger partial charge in [0.25, 0.3) is 0 Å². The Labute approximate surface area is 95.0 Å². The van der Waals surface area contributed by atoms with Crippen LogP contribution in [0.5, 0.6) is 0 Å². The van der Waals surface area contributed by atoms with E-state index in [0.29, 0.717) is 25.9 Å². The first-order valence-electron chi connectivity index (χ1n) is 5.40. The fourth-order valence-corrected chi connectivity index (χ4v) is 1.56. The van der Waals surface area contributed by atoms with E-state index in [-0.39, 0.29) is 17.9 Å². The van der Waals surface area contributed by atoms with Crippen LogP contribution in [0.3, 0.4) is 0 Å². The van der Waals surface area contributed by atoms with Crippen LogP contribution in [0.15, 0.2) is 0 Å². The fourth-order valence-electron chi connectivity index (χ4n) is 1.56. The molecule has 1 aliphatic rings. The maximum atomic E-state index is 11.5. The molecule has 6 heteroatoms. The summed E-state index contributed by atoms with van der Waals surface area (Å²) in [6.45, 7) is 0.791. The number of β-amino-alcohol motifs (C(OH)–C–C–N with tert-alkyl or cyclic N) is 1. The van der Waals surface area contributed by atoms with E-state index in [1.165, 1.54) is 4.90 Å². The predicted octanol–water partition coefficient (Wildman–Crippen LogP) is -1.70. The highest BCUT2D eigenvalue weighted by molar-refractivity contribution is 5.83. The van der Waals surface area contributed by atoms with E-state index in [9.17, 15) is 14.7 Å². The van der Waals surface area contributed by atoms with Gasteiger partial charge >= 0.3 is 0 Å². The van der Waals surface area contributed by atoms with Gasteiger partial charge in [0.1, 0.15) is 0 Å². The summed E-state index contributed by atoms with van der Waals surface area (Å²) >= 11 is 0. The van der Waals surface area contributed by atoms with Gasteiger partial charge < -0.3 is 20.6 Å². The molecule has 2 atom stereocenters. The summed E-state index contributed by atoms with van der Waals surface area (Å²) in [6.07, 6.45) is 0.292. The highest BCUT2D eigenvalue weighted by atomic mass is 16.3. The Morgan fingerprint density at radius 1 is 1.50 bits per heavy atom. The van der Waals surface area contributed by atoms with Crippen molar-refractivity contribution >= 4 is 11.8 Å². The van der Waals surface area contributed by atoms with Gasteiger partial charge in [-0.3, -0.25) is 9.59 Å². The number of aliphatic hydroxyl groups is 1. The van der Waals surface area contributed by atoms with E-state index in [0.717, 1.165) is 0 Å². The molecule has 1 saturated heterocycles. The molecule has 6 nitrogen and oxygen atoms in total. The Morgan fingerprint density at radius 3 is 2.69 bits per heavy atom. The smallest absolute Gasteiger partial charge is 0.237 e. The fraction of sp³-hybridized carbons (Fsp3) is 0.800. The van der Waals surface area contributed by atoms with Crippen molar-refractivity contribution in [3.8, 4) is 0 Å². The Balaban J connectivity index is 2.18. The standard InChI is InChI=1S/C10H19N3O3/c1-13(2)9(15)3-4-11-10(16)8-5-7(14)6-12-8/h7-8,12,14H,3-6H2,1-2H3,(H,11,16). The van der Waals surface area contributed by atoms with E-state index in [4.69, 9.17) is 0 Å². The Bertz CT molecular complexity index is 268. The average molecular weight is 229 g/mol. The van der Waals surface area contributed by atoms with Crippen LogP contribution in [0.4, 0.5) is 0 Å². The van der Waals surface area contributed by atoms with Gasteiger partial charge in [-0.1, -0.05) is 0 Å². The highest BCUT2D eigenvalue weighted by Crippen LogP contribution is 2.05. The molecule has 0 aromatic heterocycles. The summed E-state index contributed by atoms with van der Waals surface area (Å²) in [7, 11) is 3.36. The van der Waals surface area contributed by atoms with E-state index in [1.54, 1.807) is 14.1 Å². The van der Waals surface area contributed by atoms with Gasteiger partial charge in [-0.15, -0.1) is 0 Å². The van der Waals surface area contributed by atoms with E-state index in [2.05, 4.69) is 10.6 Å². The lowest BCUT2D eigenvalue weighted by Gasteiger charge is -2.12. The average Bonchev–Trinajstić information content (AvgIpc) is 2.64. The number of hydrogen-bond acceptors (Lipinski definition) is 4. The van der Waals surface area contributed by atoms with Crippen LogP contribution >= 0.6 is 0 Å². The number of aliphatic hydroxyl groups excluding tert-OH is 1. The second kappa shape index (κ2) is 5.81. The largest absolute Gasteiger partial charge is 0.392 e. The summed E-state index contributed by atoms with van der Waals surface area (Å²) in [5, 5.41) is 14.8. The lowest BCUT2D eigenvalue weighted by atomic mass is 10.2. The quantitative estimate of drug-likeness (QED) is 0.537. The molecule has 0 bridgehead atoms. The molecule has 1 fully saturated rings. The second-order valence-electron chi connectivity index (χ2n) is 4.18. The van der Waals surface area contributed by atoms with Crippen molar-refractivity contribution in [2.24, 2.45) is 0 Å². The molecule has 0 aliphatic carbocycles. The van der Waals surface area contributed by atoms with Crippen LogP contribution in [-0.2, 0) is 9.59 Å². The lowest BCUT2D eigenvalue weighted by molar-refractivity contribution is -0.128. The first kappa shape index (κ1) is 12.9. The van der Waals surface area contributed by atoms with Gasteiger partial charge in [-0.2, -0.15) is 0 Å². The normalized spacial score (nSPS) is 24.2. The Kier molecular flexibility index (Phi) is 4.70. The molecule has 0 saturated carbocycles. The van der Waals surface area contributed by atoms with Crippen LogP contribution in [0.25, 0.3) is 0 Å². The zero-order valence-electron chi connectivity index (χ0n) is 9.69. The van der Waals surface area contributed by atoms with Gasteiger partial charge in [0.2, 0.25) is 11.8 Å². The molecular formula is C10H19N3O3. The van der Waals surface area contributed by atoms with Crippen molar-refractivity contribution in [2.75, 3.05) is 27.2 Å². The second-order valence-corrected chi connectivity index (χ2v) is 4.18. The van der Waals surface area contributed by atoms with E-state index in [1.807, 2.05) is 0 Å². The number of nitrogens with one attached hydrogen (secondary N) is 2. The number of carbonyl (C=O) groups is 2. The molecule has 2 amide bonds. The van der Waals surface area contributed by atoms with E-state index < -0.39 is 6.10 Å². The molecule has 2 unspecified atom stereocenters. The summed E-state index contributed by atoms with van der Waals surface area (Å²) in [6, 6.07) is -0.329. The SMILES string of the molecule is CN(C)C(=O)CCNC(=O)C1CC(O)CN1. The van der Waals surface area contributed by atoms with Gasteiger partial charge in [-0.05, 0) is 6.42 Å². The molecule has 1 heterocycles. The molecular weight excluding hydrogens is 210 g/mol. The van der Waals surface area contributed by atoms with E-state index >= 15 is 0 Å². The van der Waals surface area contributed by atoms with Crippen molar-refractivity contribution in [3.63, 3.8) is 0 Å². The first-order chi connectivity index (χ1) is 7.50. The number of carbonyl (C=O) groups excluding carboxylic acids is 2. The predicted molar refractivity (Wildman–Crippen MR) is 58.7 cm³/mol. The molecule has 3 N–H and O–H groups in total. The zero-order valence-corrected chi connectivity index (χ0v) is 9.69. The van der Waals surface area contributed by atoms with Crippen molar-refractivity contribution in [1.29, 1.82) is 0 Å². The molecule has 0 radical (unpaired) electrons. The Morgan fingerprint density at radius 2 is 2.19 bits per heavy atom. The number of rotatable bonds is 4. The first-order valence-corrected chi connectivity index (χ1v) is 5.40. The van der Waals surface area contributed by atoms with Crippen molar-refractivity contribution in [2.45, 2.75) is 25.0 Å². The van der Waals surface area contributed by atoms with Gasteiger partial charge in [-0.25, -0.2) is 0 Å². The molecule has 0 aromatic rings. The molecule has 0 aromatic carbocycles. The molecule has 1 aliphatic heterocycles. The summed E-state index contributed by atoms with van der Waals surface area (Å²) < 4.78 is 0. The van der Waals surface area contributed by atoms with Crippen LogP contribution in [0.2, 0.25) is 0 Å². The summed E-state index contributed by atoms with van der Waals surface area (Å²) in [4.78, 5) is 24.2. The van der Waals surface area contributed by atoms with Crippen LogP contribution in [0, 0.1) is 0 Å². The maximum absolute atomic E-state index is 11.5. The number of amides is 2. The highest BCUT2D eigenvalue weighted by Gasteiger charge is 2.27. The van der Waals surface area contributed by atoms with Crippen molar-refractivity contribution < 1.29 is 14.7 Å². The Hall–Kier alpha value is -1.14. The molecule has 16 heavy (non-hydrogen) atoms. The van der Waals surface area contributed by atoms with Gasteiger partial charge in [0.05, 0.1) is 12.1 Å². The van der Waals surface area contributed by atoms with Crippen LogP contribution < -0.4 is 10.6 Å². The van der Waals surface area contributed by atoms with Crippen molar-refractivity contribution in [3.05, 3.63) is 0 Å². The topological polar surface area (TPSA) is 81.7 Å². The molecule has 1 rings (SSSR count). The molecule has 0 spiro atoms. The summed E-state index contributed by atoms with van der Waals surface area (Å²) in [5.41, 5.74) is 0. The lowest BCUT2D eigenvalue weighted by Crippen LogP contribution is -2.41. The minimum Gasteiger partial charge on any atom is -0.392 e. The minimum atomic E-state index is -0.445. The number of nitrogens with zero attached hydrogens (tertiary/aromatic N) is 1. The maximum Gasteiger partial charge on any atom is 0.237 e. The van der Waals surface area contributed by atoms with Crippen molar-refractivity contribution in [1.82, 2.24) is 15.5 Å². The third-order valence-electron chi connectivity index (χ3n) is 2.56. The van der Waals surface area contributed by atoms with Gasteiger partial charge in [0.15, 0.2) is 0 Å². The zero-order chi connectivity index (χ0) is 12.1. The summed E-state index contributed by atoms with van der Waals surface area (Å²) in [5.74, 6) is -0.164. The monoisotopic (exact) mass is 229 g/mol. The third-order valence-corrected chi connectivity index (χ3v) is 2.56. The van der Waals surface area contributed by atoms with Crippen LogP contribution in [-0.4, -0.2) is 61.2 Å². The third kappa shape index (κ3) is 3.79. The molecule has 92 valence electrons. The minimum absolute atomic E-state index is 0.0142. The van der Waals surface area contributed by atoms with Gasteiger partial charge in [0, 0.05) is 33.6 Å².